The van der Waals surface area contributed by atoms with E-state index < -0.39 is 0 Å². The summed E-state index contributed by atoms with van der Waals surface area (Å²) in [5.74, 6) is -0.208. The number of esters is 2. The Labute approximate surface area is 327 Å². The van der Waals surface area contributed by atoms with Crippen molar-refractivity contribution < 1.29 is 33.6 Å². The van der Waals surface area contributed by atoms with Crippen LogP contribution in [0.15, 0.2) is 0 Å². The molecule has 0 aromatic carbocycles. The molecule has 0 aliphatic carbocycles. The molecule has 1 aliphatic heterocycles. The fourth-order valence-corrected chi connectivity index (χ4v) is 7.32. The van der Waals surface area contributed by atoms with Crippen LogP contribution in [0.4, 0.5) is 0 Å². The summed E-state index contributed by atoms with van der Waals surface area (Å²) in [5.41, 5.74) is 0. The smallest absolute Gasteiger partial charge is 0.306 e. The molecule has 1 heterocycles. The molecule has 0 amide bonds. The Hall–Kier alpha value is -1.22. The molecular formula is C45H87NO7. The van der Waals surface area contributed by atoms with Crippen molar-refractivity contribution in [2.24, 2.45) is 0 Å². The summed E-state index contributed by atoms with van der Waals surface area (Å²) in [6.45, 7) is 9.91. The van der Waals surface area contributed by atoms with Gasteiger partial charge < -0.3 is 29.0 Å². The predicted molar refractivity (Wildman–Crippen MR) is 219 cm³/mol. The van der Waals surface area contributed by atoms with E-state index in [1.54, 1.807) is 0 Å². The minimum atomic E-state index is -0.196. The van der Waals surface area contributed by atoms with Crippen molar-refractivity contribution in [1.82, 2.24) is 4.90 Å². The molecule has 0 saturated carbocycles. The van der Waals surface area contributed by atoms with Crippen LogP contribution in [-0.2, 0) is 28.5 Å². The zero-order chi connectivity index (χ0) is 38.5. The average Bonchev–Trinajstić information content (AvgIpc) is 3.61. The van der Waals surface area contributed by atoms with E-state index >= 15 is 0 Å². The number of unbranched alkanes of at least 4 members (excludes halogenated alkanes) is 21. The van der Waals surface area contributed by atoms with Crippen molar-refractivity contribution in [2.75, 3.05) is 39.5 Å². The molecule has 1 rings (SSSR count). The summed E-state index contributed by atoms with van der Waals surface area (Å²) in [6, 6.07) is 0. The van der Waals surface area contributed by atoms with Gasteiger partial charge in [-0.25, -0.2) is 0 Å². The van der Waals surface area contributed by atoms with Crippen LogP contribution < -0.4 is 0 Å². The first kappa shape index (κ1) is 49.8. The van der Waals surface area contributed by atoms with Crippen LogP contribution in [0, 0.1) is 0 Å². The first-order chi connectivity index (χ1) is 26.0. The maximum atomic E-state index is 12.7. The van der Waals surface area contributed by atoms with Crippen molar-refractivity contribution >= 4 is 11.9 Å². The van der Waals surface area contributed by atoms with Crippen molar-refractivity contribution in [3.63, 3.8) is 0 Å². The molecule has 0 aromatic rings. The number of hydrogen-bond donors (Lipinski definition) is 1. The first-order valence-electron chi connectivity index (χ1n) is 23.0. The second-order valence-electron chi connectivity index (χ2n) is 15.9. The SMILES string of the molecule is CCCCCCCCCCC1OCC(COC(=O)CCCN(CCO)CCCCCCCC(=O)OC(CCCCCCCC)CCCCCCCC)O1. The Bertz CT molecular complexity index is 796. The van der Waals surface area contributed by atoms with Gasteiger partial charge in [0.05, 0.1) is 13.2 Å². The highest BCUT2D eigenvalue weighted by atomic mass is 16.7. The molecular weight excluding hydrogens is 666 g/mol. The summed E-state index contributed by atoms with van der Waals surface area (Å²) >= 11 is 0. The fourth-order valence-electron chi connectivity index (χ4n) is 7.32. The Morgan fingerprint density at radius 1 is 0.604 bits per heavy atom. The van der Waals surface area contributed by atoms with Gasteiger partial charge in [-0.2, -0.15) is 0 Å². The quantitative estimate of drug-likeness (QED) is 0.0488. The molecule has 1 saturated heterocycles. The highest BCUT2D eigenvalue weighted by molar-refractivity contribution is 5.69. The lowest BCUT2D eigenvalue weighted by molar-refractivity contribution is -0.150. The van der Waals surface area contributed by atoms with Gasteiger partial charge in [-0.15, -0.1) is 0 Å². The molecule has 2 atom stereocenters. The third-order valence-corrected chi connectivity index (χ3v) is 10.7. The number of nitrogens with zero attached hydrogens (tertiary/aromatic N) is 1. The topological polar surface area (TPSA) is 94.5 Å². The molecule has 53 heavy (non-hydrogen) atoms. The van der Waals surface area contributed by atoms with Crippen LogP contribution in [0.1, 0.15) is 220 Å². The second kappa shape index (κ2) is 37.7. The van der Waals surface area contributed by atoms with E-state index in [0.29, 0.717) is 32.4 Å². The molecule has 1 aliphatic rings. The number of hydrogen-bond acceptors (Lipinski definition) is 8. The third kappa shape index (κ3) is 31.7. The van der Waals surface area contributed by atoms with E-state index in [0.717, 1.165) is 70.9 Å². The van der Waals surface area contributed by atoms with Gasteiger partial charge in [-0.05, 0) is 70.9 Å². The van der Waals surface area contributed by atoms with Crippen LogP contribution in [-0.4, -0.2) is 79.9 Å². The number of carbonyl (C=O) groups is 2. The minimum Gasteiger partial charge on any atom is -0.463 e. The predicted octanol–water partition coefficient (Wildman–Crippen LogP) is 11.6. The van der Waals surface area contributed by atoms with Gasteiger partial charge in [0.25, 0.3) is 0 Å². The lowest BCUT2D eigenvalue weighted by Gasteiger charge is -2.21. The Morgan fingerprint density at radius 3 is 1.68 bits per heavy atom. The van der Waals surface area contributed by atoms with Crippen LogP contribution >= 0.6 is 0 Å². The molecule has 0 aromatic heterocycles. The maximum absolute atomic E-state index is 12.7. The average molecular weight is 754 g/mol. The molecule has 0 bridgehead atoms. The minimum absolute atomic E-state index is 0.0120. The summed E-state index contributed by atoms with van der Waals surface area (Å²) in [7, 11) is 0. The number of aliphatic hydroxyl groups is 1. The van der Waals surface area contributed by atoms with Gasteiger partial charge >= 0.3 is 11.9 Å². The van der Waals surface area contributed by atoms with E-state index in [-0.39, 0.29) is 43.7 Å². The molecule has 1 N–H and O–H groups in total. The summed E-state index contributed by atoms with van der Waals surface area (Å²) in [4.78, 5) is 27.3. The molecule has 0 spiro atoms. The Kier molecular flexibility index (Phi) is 35.4. The molecule has 0 radical (unpaired) electrons. The first-order valence-corrected chi connectivity index (χ1v) is 23.0. The van der Waals surface area contributed by atoms with Gasteiger partial charge in [-0.1, -0.05) is 149 Å². The highest BCUT2D eigenvalue weighted by Gasteiger charge is 2.26. The normalized spacial score (nSPS) is 15.9. The van der Waals surface area contributed by atoms with Gasteiger partial charge in [0.15, 0.2) is 6.29 Å². The van der Waals surface area contributed by atoms with E-state index in [4.69, 9.17) is 18.9 Å². The van der Waals surface area contributed by atoms with E-state index in [9.17, 15) is 14.7 Å². The van der Waals surface area contributed by atoms with Crippen LogP contribution in [0.2, 0.25) is 0 Å². The molecule has 2 unspecified atom stereocenters. The summed E-state index contributed by atoms with van der Waals surface area (Å²) in [5, 5.41) is 9.56. The Morgan fingerprint density at radius 2 is 1.09 bits per heavy atom. The monoisotopic (exact) mass is 754 g/mol. The van der Waals surface area contributed by atoms with Crippen molar-refractivity contribution in [3.05, 3.63) is 0 Å². The lowest BCUT2D eigenvalue weighted by Crippen LogP contribution is -2.29. The number of ether oxygens (including phenoxy) is 4. The molecule has 314 valence electrons. The maximum Gasteiger partial charge on any atom is 0.306 e. The molecule has 8 nitrogen and oxygen atoms in total. The standard InChI is InChI=1S/C45H87NO7/c1-4-7-10-13-16-17-22-27-34-45-51-40-42(53-45)39-50-43(48)33-29-36-46(37-38-47)35-28-23-18-21-26-32-44(49)52-41(30-24-19-14-11-8-5-2)31-25-20-15-12-9-6-3/h41-42,45,47H,4-40H2,1-3H3. The summed E-state index contributed by atoms with van der Waals surface area (Å²) in [6.07, 6.45) is 35.0. The van der Waals surface area contributed by atoms with Crippen LogP contribution in [0.3, 0.4) is 0 Å². The number of carbonyl (C=O) groups excluding carboxylic acids is 2. The van der Waals surface area contributed by atoms with Gasteiger partial charge in [0.1, 0.15) is 18.8 Å². The Balaban J connectivity index is 2.13. The highest BCUT2D eigenvalue weighted by Crippen LogP contribution is 2.20. The molecule has 8 heteroatoms. The van der Waals surface area contributed by atoms with Crippen molar-refractivity contribution in [3.8, 4) is 0 Å². The van der Waals surface area contributed by atoms with Crippen LogP contribution in [0.25, 0.3) is 0 Å². The number of rotatable bonds is 40. The van der Waals surface area contributed by atoms with Gasteiger partial charge in [0.2, 0.25) is 0 Å². The van der Waals surface area contributed by atoms with Gasteiger partial charge in [0, 0.05) is 19.4 Å². The van der Waals surface area contributed by atoms with Gasteiger partial charge in [-0.3, -0.25) is 9.59 Å². The third-order valence-electron chi connectivity index (χ3n) is 10.7. The second-order valence-corrected chi connectivity index (χ2v) is 15.9. The van der Waals surface area contributed by atoms with Crippen molar-refractivity contribution in [2.45, 2.75) is 238 Å². The summed E-state index contributed by atoms with van der Waals surface area (Å²) < 4.78 is 23.2. The molecule has 1 fully saturated rings. The van der Waals surface area contributed by atoms with Crippen molar-refractivity contribution in [1.29, 1.82) is 0 Å². The number of aliphatic hydroxyl groups excluding tert-OH is 1. The van der Waals surface area contributed by atoms with E-state index in [1.165, 1.54) is 122 Å². The van der Waals surface area contributed by atoms with Crippen LogP contribution in [0.5, 0.6) is 0 Å². The fraction of sp³-hybridized carbons (Fsp3) is 0.956. The largest absolute Gasteiger partial charge is 0.463 e. The van der Waals surface area contributed by atoms with E-state index in [1.807, 2.05) is 0 Å². The lowest BCUT2D eigenvalue weighted by atomic mass is 10.0. The van der Waals surface area contributed by atoms with E-state index in [2.05, 4.69) is 25.7 Å². The zero-order valence-electron chi connectivity index (χ0n) is 35.2. The zero-order valence-corrected chi connectivity index (χ0v) is 35.2.